The molecule has 1 saturated carbocycles. The quantitative estimate of drug-likeness (QED) is 0.795. The van der Waals surface area contributed by atoms with E-state index in [2.05, 4.69) is 15.6 Å². The molecule has 0 radical (unpaired) electrons. The van der Waals surface area contributed by atoms with E-state index in [1.807, 2.05) is 6.20 Å². The molecular formula is C16H17N3O2S. The molecule has 0 spiro atoms. The van der Waals surface area contributed by atoms with Gasteiger partial charge in [-0.2, -0.15) is 5.26 Å². The predicted octanol–water partition coefficient (Wildman–Crippen LogP) is 2.62. The molecule has 0 amide bonds. The molecule has 5 nitrogen and oxygen atoms in total. The van der Waals surface area contributed by atoms with Crippen molar-refractivity contribution in [3.8, 4) is 11.8 Å². The van der Waals surface area contributed by atoms with Crippen molar-refractivity contribution < 1.29 is 9.84 Å². The molecule has 2 aromatic rings. The zero-order valence-corrected chi connectivity index (χ0v) is 12.9. The number of hydrogen-bond donors (Lipinski definition) is 1. The Kier molecular flexibility index (Phi) is 4.66. The van der Waals surface area contributed by atoms with Gasteiger partial charge in [-0.15, -0.1) is 0 Å². The Balaban J connectivity index is 1.45. The van der Waals surface area contributed by atoms with Gasteiger partial charge >= 0.3 is 0 Å². The first-order valence-electron chi connectivity index (χ1n) is 7.23. The van der Waals surface area contributed by atoms with E-state index in [4.69, 9.17) is 10.00 Å². The number of aliphatic hydroxyl groups excluding tert-OH is 1. The molecule has 1 N–H and O–H groups in total. The van der Waals surface area contributed by atoms with Crippen molar-refractivity contribution in [2.24, 2.45) is 0 Å². The number of hydrogen-bond acceptors (Lipinski definition) is 5. The Hall–Kier alpha value is -1.97. The summed E-state index contributed by atoms with van der Waals surface area (Å²) >= 11 is 1.55. The summed E-state index contributed by atoms with van der Waals surface area (Å²) in [6.07, 6.45) is 5.67. The average molecular weight is 315 g/mol. The Labute approximate surface area is 133 Å². The number of rotatable bonds is 7. The van der Waals surface area contributed by atoms with Gasteiger partial charge in [0.2, 0.25) is 0 Å². The minimum atomic E-state index is -0.565. The summed E-state index contributed by atoms with van der Waals surface area (Å²) in [6, 6.07) is 9.51. The van der Waals surface area contributed by atoms with Gasteiger partial charge in [0, 0.05) is 24.2 Å². The van der Waals surface area contributed by atoms with E-state index >= 15 is 0 Å². The third kappa shape index (κ3) is 3.81. The number of ether oxygens (including phenoxy) is 1. The number of thioether (sulfide) groups is 1. The first kappa shape index (κ1) is 14.9. The summed E-state index contributed by atoms with van der Waals surface area (Å²) in [7, 11) is 0. The van der Waals surface area contributed by atoms with E-state index in [-0.39, 0.29) is 6.61 Å². The molecule has 0 unspecified atom stereocenters. The van der Waals surface area contributed by atoms with Crippen molar-refractivity contribution in [3.63, 3.8) is 0 Å². The van der Waals surface area contributed by atoms with Crippen LogP contribution in [-0.2, 0) is 0 Å². The highest BCUT2D eigenvalue weighted by Crippen LogP contribution is 2.37. The molecule has 0 aliphatic heterocycles. The lowest BCUT2D eigenvalue weighted by Crippen LogP contribution is -2.20. The topological polar surface area (TPSA) is 71.1 Å². The lowest BCUT2D eigenvalue weighted by atomic mass is 10.2. The normalized spacial score (nSPS) is 15.3. The molecule has 1 aliphatic rings. The minimum Gasteiger partial charge on any atom is -0.491 e. The lowest BCUT2D eigenvalue weighted by molar-refractivity contribution is 0.126. The van der Waals surface area contributed by atoms with Crippen molar-refractivity contribution in [2.45, 2.75) is 30.1 Å². The van der Waals surface area contributed by atoms with E-state index in [0.717, 1.165) is 5.16 Å². The van der Waals surface area contributed by atoms with Crippen molar-refractivity contribution in [1.29, 1.82) is 5.26 Å². The molecule has 1 fully saturated rings. The van der Waals surface area contributed by atoms with Crippen LogP contribution in [0.1, 0.15) is 24.4 Å². The van der Waals surface area contributed by atoms with Crippen molar-refractivity contribution >= 4 is 11.8 Å². The van der Waals surface area contributed by atoms with Gasteiger partial charge in [0.05, 0.1) is 17.7 Å². The van der Waals surface area contributed by atoms with Crippen LogP contribution in [0, 0.1) is 11.3 Å². The van der Waals surface area contributed by atoms with Gasteiger partial charge in [-0.05, 0) is 37.1 Å². The lowest BCUT2D eigenvalue weighted by Gasteiger charge is -2.12. The van der Waals surface area contributed by atoms with Gasteiger partial charge in [0.25, 0.3) is 0 Å². The molecule has 0 bridgehead atoms. The smallest absolute Gasteiger partial charge is 0.168 e. The van der Waals surface area contributed by atoms with Crippen LogP contribution in [0.3, 0.4) is 0 Å². The Morgan fingerprint density at radius 2 is 2.18 bits per heavy atom. The van der Waals surface area contributed by atoms with Gasteiger partial charge in [-0.1, -0.05) is 11.8 Å². The summed E-state index contributed by atoms with van der Waals surface area (Å²) in [5, 5.41) is 19.7. The SMILES string of the molecule is N#Cc1ccc(OC[C@@H](O)CSc2nccn2C2CC2)cc1. The maximum absolute atomic E-state index is 10.0. The number of imidazole rings is 1. The average Bonchev–Trinajstić information content (AvgIpc) is 3.29. The second-order valence-electron chi connectivity index (χ2n) is 5.26. The van der Waals surface area contributed by atoms with Gasteiger partial charge in [-0.3, -0.25) is 0 Å². The minimum absolute atomic E-state index is 0.225. The molecule has 1 atom stereocenters. The summed E-state index contributed by atoms with van der Waals surface area (Å²) in [5.41, 5.74) is 0.593. The van der Waals surface area contributed by atoms with Crippen LogP contribution in [0.2, 0.25) is 0 Å². The molecule has 1 aliphatic carbocycles. The highest BCUT2D eigenvalue weighted by molar-refractivity contribution is 7.99. The fourth-order valence-corrected chi connectivity index (χ4v) is 3.01. The number of nitrogens with zero attached hydrogens (tertiary/aromatic N) is 3. The maximum Gasteiger partial charge on any atom is 0.168 e. The van der Waals surface area contributed by atoms with E-state index in [1.165, 1.54) is 12.8 Å². The van der Waals surface area contributed by atoms with Crippen LogP contribution in [0.15, 0.2) is 41.8 Å². The molecule has 1 heterocycles. The van der Waals surface area contributed by atoms with Crippen LogP contribution in [0.25, 0.3) is 0 Å². The first-order chi connectivity index (χ1) is 10.8. The van der Waals surface area contributed by atoms with E-state index in [0.29, 0.717) is 23.1 Å². The summed E-state index contributed by atoms with van der Waals surface area (Å²) in [6.45, 7) is 0.225. The van der Waals surface area contributed by atoms with E-state index in [1.54, 1.807) is 42.2 Å². The van der Waals surface area contributed by atoms with Crippen molar-refractivity contribution in [1.82, 2.24) is 9.55 Å². The van der Waals surface area contributed by atoms with Gasteiger partial charge in [0.1, 0.15) is 12.4 Å². The third-order valence-electron chi connectivity index (χ3n) is 3.40. The zero-order valence-electron chi connectivity index (χ0n) is 12.1. The molecule has 1 aromatic heterocycles. The number of benzene rings is 1. The second-order valence-corrected chi connectivity index (χ2v) is 6.25. The molecular weight excluding hydrogens is 298 g/mol. The fraction of sp³-hybridized carbons (Fsp3) is 0.375. The zero-order chi connectivity index (χ0) is 15.4. The van der Waals surface area contributed by atoms with Gasteiger partial charge < -0.3 is 14.4 Å². The molecule has 114 valence electrons. The highest BCUT2D eigenvalue weighted by Gasteiger charge is 2.25. The number of aliphatic hydroxyl groups is 1. The summed E-state index contributed by atoms with van der Waals surface area (Å²) in [5.74, 6) is 1.20. The van der Waals surface area contributed by atoms with Crippen LogP contribution < -0.4 is 4.74 Å². The molecule has 1 aromatic carbocycles. The van der Waals surface area contributed by atoms with Gasteiger partial charge in [0.15, 0.2) is 5.16 Å². The van der Waals surface area contributed by atoms with Crippen molar-refractivity contribution in [2.75, 3.05) is 12.4 Å². The number of nitriles is 1. The van der Waals surface area contributed by atoms with Crippen molar-refractivity contribution in [3.05, 3.63) is 42.2 Å². The summed E-state index contributed by atoms with van der Waals surface area (Å²) < 4.78 is 7.71. The highest BCUT2D eigenvalue weighted by atomic mass is 32.2. The molecule has 3 rings (SSSR count). The van der Waals surface area contributed by atoms with Crippen LogP contribution in [-0.4, -0.2) is 33.1 Å². The van der Waals surface area contributed by atoms with E-state index in [9.17, 15) is 5.11 Å². The largest absolute Gasteiger partial charge is 0.491 e. The maximum atomic E-state index is 10.0. The second kappa shape index (κ2) is 6.86. The molecule has 22 heavy (non-hydrogen) atoms. The number of aromatic nitrogens is 2. The predicted molar refractivity (Wildman–Crippen MR) is 83.9 cm³/mol. The third-order valence-corrected chi connectivity index (χ3v) is 4.53. The van der Waals surface area contributed by atoms with E-state index < -0.39 is 6.10 Å². The first-order valence-corrected chi connectivity index (χ1v) is 8.21. The Morgan fingerprint density at radius 3 is 2.86 bits per heavy atom. The summed E-state index contributed by atoms with van der Waals surface area (Å²) in [4.78, 5) is 4.33. The van der Waals surface area contributed by atoms with Gasteiger partial charge in [-0.25, -0.2) is 4.98 Å². The van der Waals surface area contributed by atoms with Crippen LogP contribution >= 0.6 is 11.8 Å². The van der Waals surface area contributed by atoms with Crippen LogP contribution in [0.5, 0.6) is 5.75 Å². The standard InChI is InChI=1S/C16H17N3O2S/c17-9-12-1-5-15(6-2-12)21-10-14(20)11-22-16-18-7-8-19(16)13-3-4-13/h1-2,5-8,13-14,20H,3-4,10-11H2/t14-/m1/s1. The Bertz CT molecular complexity index is 659. The Morgan fingerprint density at radius 1 is 1.41 bits per heavy atom. The molecule has 6 heteroatoms. The monoisotopic (exact) mass is 315 g/mol. The van der Waals surface area contributed by atoms with Crippen LogP contribution in [0.4, 0.5) is 0 Å². The fourth-order valence-electron chi connectivity index (χ4n) is 2.08. The molecule has 0 saturated heterocycles.